The Hall–Kier alpha value is -1.57. The molecule has 0 saturated heterocycles. The summed E-state index contributed by atoms with van der Waals surface area (Å²) in [4.78, 5) is 3.34. The molecular weight excluding hydrogens is 484 g/mol. The molecule has 0 amide bonds. The van der Waals surface area contributed by atoms with Crippen molar-refractivity contribution in [3.05, 3.63) is 54.6 Å². The number of nitrogens with zero attached hydrogens (tertiary/aromatic N) is 1. The van der Waals surface area contributed by atoms with Gasteiger partial charge >= 0.3 is 0 Å². The number of imidazole rings is 1. The summed E-state index contributed by atoms with van der Waals surface area (Å²) in [6, 6.07) is 11.9. The van der Waals surface area contributed by atoms with Crippen LogP contribution in [0.3, 0.4) is 0 Å². The number of aromatic nitrogens is 2. The lowest BCUT2D eigenvalue weighted by atomic mass is 9.84. The number of unbranched alkanes of at least 4 members (excludes halogenated alkanes) is 20. The van der Waals surface area contributed by atoms with Gasteiger partial charge in [0.25, 0.3) is 0 Å². The molecule has 1 heterocycles. The van der Waals surface area contributed by atoms with E-state index in [0.717, 1.165) is 0 Å². The van der Waals surface area contributed by atoms with E-state index in [1.54, 1.807) is 0 Å². The van der Waals surface area contributed by atoms with Crippen molar-refractivity contribution in [2.45, 2.75) is 180 Å². The van der Waals surface area contributed by atoms with Crippen LogP contribution in [0.15, 0.2) is 49.1 Å². The van der Waals surface area contributed by atoms with Gasteiger partial charge in [0.05, 0.1) is 0 Å². The molecule has 0 aliphatic carbocycles. The van der Waals surface area contributed by atoms with E-state index >= 15 is 0 Å². The van der Waals surface area contributed by atoms with Gasteiger partial charge in [0.2, 0.25) is 6.33 Å². The van der Waals surface area contributed by atoms with E-state index in [1.807, 2.05) is 0 Å². The molecule has 1 aromatic carbocycles. The van der Waals surface area contributed by atoms with Gasteiger partial charge < -0.3 is 0 Å². The van der Waals surface area contributed by atoms with Gasteiger partial charge in [0, 0.05) is 5.92 Å². The van der Waals surface area contributed by atoms with Crippen molar-refractivity contribution in [1.29, 1.82) is 0 Å². The summed E-state index contributed by atoms with van der Waals surface area (Å²) in [6.45, 7) is 4.62. The van der Waals surface area contributed by atoms with E-state index in [2.05, 4.69) is 72.5 Å². The number of H-pyrrole nitrogens is 1. The Balaban J connectivity index is 1.73. The first-order valence-corrected chi connectivity index (χ1v) is 17.9. The third-order valence-corrected chi connectivity index (χ3v) is 9.12. The van der Waals surface area contributed by atoms with Crippen molar-refractivity contribution in [3.63, 3.8) is 0 Å². The van der Waals surface area contributed by atoms with Gasteiger partial charge in [-0.15, -0.1) is 0 Å². The molecule has 0 bridgehead atoms. The van der Waals surface area contributed by atoms with Gasteiger partial charge in [0.1, 0.15) is 18.4 Å². The summed E-state index contributed by atoms with van der Waals surface area (Å²) in [5, 5.41) is 0. The predicted molar refractivity (Wildman–Crippen MR) is 176 cm³/mol. The Labute approximate surface area is 250 Å². The lowest BCUT2D eigenvalue weighted by Gasteiger charge is -2.25. The molecule has 2 aromatic rings. The predicted octanol–water partition coefficient (Wildman–Crippen LogP) is 12.1. The average molecular weight is 552 g/mol. The zero-order valence-corrected chi connectivity index (χ0v) is 26.9. The van der Waals surface area contributed by atoms with Crippen molar-refractivity contribution >= 4 is 0 Å². The zero-order valence-electron chi connectivity index (χ0n) is 26.9. The molecule has 0 spiro atoms. The lowest BCUT2D eigenvalue weighted by Crippen LogP contribution is -2.42. The first-order valence-electron chi connectivity index (χ1n) is 17.9. The molecule has 1 aromatic heterocycles. The van der Waals surface area contributed by atoms with Crippen molar-refractivity contribution in [2.24, 2.45) is 5.92 Å². The molecule has 0 aliphatic rings. The fraction of sp³-hybridized carbons (Fsp3) is 0.763. The first kappa shape index (κ1) is 34.6. The van der Waals surface area contributed by atoms with E-state index in [9.17, 15) is 0 Å². The summed E-state index contributed by atoms with van der Waals surface area (Å²) in [5.74, 6) is 0.713. The fourth-order valence-electron chi connectivity index (χ4n) is 6.57. The molecule has 0 radical (unpaired) electrons. The number of hydrogen-bond acceptors (Lipinski definition) is 0. The molecule has 2 nitrogen and oxygen atoms in total. The van der Waals surface area contributed by atoms with E-state index in [1.165, 1.54) is 166 Å². The maximum absolute atomic E-state index is 3.34. The molecule has 2 unspecified atom stereocenters. The molecule has 40 heavy (non-hydrogen) atoms. The lowest BCUT2D eigenvalue weighted by molar-refractivity contribution is -0.730. The van der Waals surface area contributed by atoms with E-state index < -0.39 is 0 Å². The quantitative estimate of drug-likeness (QED) is 0.0801. The number of nitrogens with one attached hydrogen (secondary N) is 1. The van der Waals surface area contributed by atoms with E-state index in [4.69, 9.17) is 0 Å². The third kappa shape index (κ3) is 17.3. The highest BCUT2D eigenvalue weighted by Crippen LogP contribution is 2.29. The Bertz CT molecular complexity index is 753. The molecule has 0 aliphatic heterocycles. The summed E-state index contributed by atoms with van der Waals surface area (Å²) in [5.41, 5.74) is 1.51. The zero-order chi connectivity index (χ0) is 28.4. The maximum atomic E-state index is 3.34. The van der Waals surface area contributed by atoms with Crippen LogP contribution in [-0.4, -0.2) is 4.98 Å². The van der Waals surface area contributed by atoms with Crippen LogP contribution in [0.1, 0.15) is 180 Å². The minimum absolute atomic E-state index is 0.605. The van der Waals surface area contributed by atoms with Gasteiger partial charge in [-0.25, -0.2) is 4.57 Å². The third-order valence-electron chi connectivity index (χ3n) is 9.12. The number of aromatic amines is 1. The molecule has 2 rings (SSSR count). The number of rotatable bonds is 28. The van der Waals surface area contributed by atoms with Crippen molar-refractivity contribution in [1.82, 2.24) is 4.98 Å². The second kappa shape index (κ2) is 25.2. The number of hydrogen-bond donors (Lipinski definition) is 1. The topological polar surface area (TPSA) is 19.7 Å². The molecule has 0 saturated carbocycles. The maximum Gasteiger partial charge on any atom is 0.241 e. The molecule has 1 N–H and O–H groups in total. The summed E-state index contributed by atoms with van der Waals surface area (Å²) >= 11 is 0. The van der Waals surface area contributed by atoms with Gasteiger partial charge in [-0.1, -0.05) is 179 Å². The summed E-state index contributed by atoms with van der Waals surface area (Å²) < 4.78 is 2.50. The smallest absolute Gasteiger partial charge is 0.241 e. The second-order valence-corrected chi connectivity index (χ2v) is 12.7. The van der Waals surface area contributed by atoms with E-state index in [-0.39, 0.29) is 0 Å². The van der Waals surface area contributed by atoms with Gasteiger partial charge in [0.15, 0.2) is 0 Å². The monoisotopic (exact) mass is 552 g/mol. The van der Waals surface area contributed by atoms with Crippen LogP contribution in [0, 0.1) is 5.92 Å². The standard InChI is InChI=1S/C38H66N2/c1-3-5-7-9-11-13-14-15-16-18-19-21-26-30-37(34-36-28-24-23-25-29-36)38(40-33-32-39-35-40)31-27-22-20-17-12-10-8-6-4-2/h23-25,28-29,32-33,35,37-38H,3-22,26-27,30-31,34H2,1-2H3/p+1. The summed E-state index contributed by atoms with van der Waals surface area (Å²) in [6.07, 6.45) is 41.8. The Morgan fingerprint density at radius 3 is 1.45 bits per heavy atom. The van der Waals surface area contributed by atoms with Crippen LogP contribution < -0.4 is 4.57 Å². The van der Waals surface area contributed by atoms with Crippen LogP contribution in [0.4, 0.5) is 0 Å². The van der Waals surface area contributed by atoms with Crippen molar-refractivity contribution < 1.29 is 4.57 Å². The van der Waals surface area contributed by atoms with E-state index in [0.29, 0.717) is 12.0 Å². The molecule has 2 atom stereocenters. The minimum atomic E-state index is 0.605. The molecule has 0 fully saturated rings. The minimum Gasteiger partial charge on any atom is -0.250 e. The van der Waals surface area contributed by atoms with Gasteiger partial charge in [-0.2, -0.15) is 0 Å². The number of benzene rings is 1. The van der Waals surface area contributed by atoms with Crippen molar-refractivity contribution in [2.75, 3.05) is 0 Å². The van der Waals surface area contributed by atoms with Crippen LogP contribution in [0.5, 0.6) is 0 Å². The Morgan fingerprint density at radius 1 is 0.550 bits per heavy atom. The van der Waals surface area contributed by atoms with Gasteiger partial charge in [-0.05, 0) is 31.2 Å². The largest absolute Gasteiger partial charge is 0.250 e. The van der Waals surface area contributed by atoms with Crippen LogP contribution in [-0.2, 0) is 6.42 Å². The Morgan fingerprint density at radius 2 is 1.00 bits per heavy atom. The van der Waals surface area contributed by atoms with Crippen LogP contribution in [0.2, 0.25) is 0 Å². The Kier molecular flexibility index (Phi) is 21.8. The van der Waals surface area contributed by atoms with Crippen LogP contribution >= 0.6 is 0 Å². The highest BCUT2D eigenvalue weighted by Gasteiger charge is 2.26. The van der Waals surface area contributed by atoms with Crippen LogP contribution in [0.25, 0.3) is 0 Å². The fourth-order valence-corrected chi connectivity index (χ4v) is 6.57. The second-order valence-electron chi connectivity index (χ2n) is 12.7. The first-order chi connectivity index (χ1) is 19.8. The SMILES string of the molecule is CCCCCCCCCCCCCCCC(Cc1ccccc1)C(CCCCCCCCCCC)[n+]1cc[nH]c1. The highest BCUT2D eigenvalue weighted by atomic mass is 15.1. The normalized spacial score (nSPS) is 13.1. The highest BCUT2D eigenvalue weighted by molar-refractivity contribution is 5.15. The van der Waals surface area contributed by atoms with Crippen molar-refractivity contribution in [3.8, 4) is 0 Å². The molecular formula is C38H67N2+. The summed E-state index contributed by atoms with van der Waals surface area (Å²) in [7, 11) is 0. The molecule has 228 valence electrons. The molecule has 2 heteroatoms. The average Bonchev–Trinajstić information content (AvgIpc) is 3.51. The van der Waals surface area contributed by atoms with Gasteiger partial charge in [-0.3, -0.25) is 4.98 Å².